The summed E-state index contributed by atoms with van der Waals surface area (Å²) in [5.74, 6) is 0. The quantitative estimate of drug-likeness (QED) is 0.878. The Kier molecular flexibility index (Phi) is 4.56. The zero-order valence-corrected chi connectivity index (χ0v) is 13.4. The summed E-state index contributed by atoms with van der Waals surface area (Å²) in [6.45, 7) is 1.82. The van der Waals surface area contributed by atoms with Gasteiger partial charge < -0.3 is 5.73 Å². The predicted octanol–water partition coefficient (Wildman–Crippen LogP) is 3.30. The molecule has 0 aromatic heterocycles. The molecule has 0 saturated carbocycles. The molecule has 4 nitrogen and oxygen atoms in total. The Bertz CT molecular complexity index is 730. The number of sulfonamides is 1. The van der Waals surface area contributed by atoms with Gasteiger partial charge in [0.25, 0.3) is 0 Å². The molecule has 0 radical (unpaired) electrons. The van der Waals surface area contributed by atoms with Gasteiger partial charge in [-0.1, -0.05) is 23.7 Å². The lowest BCUT2D eigenvalue weighted by atomic mass is 10.1. The van der Waals surface area contributed by atoms with E-state index >= 15 is 0 Å². The molecule has 0 amide bonds. The number of nitrogen functional groups attached to an aromatic ring is 1. The molecule has 0 bridgehead atoms. The van der Waals surface area contributed by atoms with Crippen LogP contribution in [0.2, 0.25) is 5.02 Å². The molecule has 21 heavy (non-hydrogen) atoms. The molecule has 112 valence electrons. The van der Waals surface area contributed by atoms with Crippen molar-refractivity contribution in [1.29, 1.82) is 0 Å². The summed E-state index contributed by atoms with van der Waals surface area (Å²) in [4.78, 5) is 0.216. The number of rotatable bonds is 4. The van der Waals surface area contributed by atoms with Crippen molar-refractivity contribution in [2.24, 2.45) is 0 Å². The third-order valence-corrected chi connectivity index (χ3v) is 5.61. The van der Waals surface area contributed by atoms with Crippen molar-refractivity contribution in [1.82, 2.24) is 4.31 Å². The highest BCUT2D eigenvalue weighted by molar-refractivity contribution is 7.89. The molecule has 2 aromatic carbocycles. The van der Waals surface area contributed by atoms with E-state index in [4.69, 9.17) is 17.3 Å². The zero-order valence-electron chi connectivity index (χ0n) is 11.8. The Morgan fingerprint density at radius 1 is 1.14 bits per heavy atom. The van der Waals surface area contributed by atoms with Crippen LogP contribution in [0, 0.1) is 0 Å². The van der Waals surface area contributed by atoms with Crippen LogP contribution in [0.5, 0.6) is 0 Å². The third-order valence-electron chi connectivity index (χ3n) is 3.43. The van der Waals surface area contributed by atoms with Crippen LogP contribution >= 0.6 is 11.6 Å². The van der Waals surface area contributed by atoms with E-state index in [0.717, 1.165) is 5.56 Å². The minimum absolute atomic E-state index is 0.216. The molecular weight excluding hydrogens is 308 g/mol. The van der Waals surface area contributed by atoms with Gasteiger partial charge in [0.15, 0.2) is 0 Å². The monoisotopic (exact) mass is 324 g/mol. The Balaban J connectivity index is 2.33. The lowest BCUT2D eigenvalue weighted by Gasteiger charge is -2.25. The average Bonchev–Trinajstić information content (AvgIpc) is 2.46. The predicted molar refractivity (Wildman–Crippen MR) is 85.7 cm³/mol. The average molecular weight is 325 g/mol. The summed E-state index contributed by atoms with van der Waals surface area (Å²) >= 11 is 5.96. The lowest BCUT2D eigenvalue weighted by Crippen LogP contribution is -2.29. The van der Waals surface area contributed by atoms with Gasteiger partial charge in [-0.2, -0.15) is 4.31 Å². The molecule has 0 aliphatic rings. The number of halogens is 1. The molecular formula is C15H17ClN2O2S. The van der Waals surface area contributed by atoms with Crippen molar-refractivity contribution in [2.45, 2.75) is 17.9 Å². The topological polar surface area (TPSA) is 63.4 Å². The smallest absolute Gasteiger partial charge is 0.243 e. The molecule has 1 atom stereocenters. The number of hydrogen-bond acceptors (Lipinski definition) is 3. The van der Waals surface area contributed by atoms with Gasteiger partial charge in [0, 0.05) is 23.8 Å². The van der Waals surface area contributed by atoms with Gasteiger partial charge in [-0.05, 0) is 48.9 Å². The van der Waals surface area contributed by atoms with Crippen molar-refractivity contribution in [2.75, 3.05) is 12.8 Å². The van der Waals surface area contributed by atoms with E-state index in [2.05, 4.69) is 0 Å². The molecule has 0 saturated heterocycles. The van der Waals surface area contributed by atoms with Crippen molar-refractivity contribution >= 4 is 27.3 Å². The highest BCUT2D eigenvalue weighted by atomic mass is 35.5. The maximum atomic E-state index is 12.6. The molecule has 1 unspecified atom stereocenters. The van der Waals surface area contributed by atoms with E-state index in [1.54, 1.807) is 37.4 Å². The van der Waals surface area contributed by atoms with E-state index in [1.165, 1.54) is 16.4 Å². The second kappa shape index (κ2) is 6.05. The standard InChI is InChI=1S/C15H17ClN2O2S/c1-11(12-4-3-5-13(16)10-12)18(2)21(19,20)15-8-6-14(17)7-9-15/h3-11H,17H2,1-2H3. The fourth-order valence-corrected chi connectivity index (χ4v) is 3.54. The summed E-state index contributed by atoms with van der Waals surface area (Å²) in [5, 5.41) is 0.581. The van der Waals surface area contributed by atoms with Gasteiger partial charge in [0.05, 0.1) is 4.90 Å². The normalized spacial score (nSPS) is 13.3. The largest absolute Gasteiger partial charge is 0.399 e. The third kappa shape index (κ3) is 3.37. The summed E-state index contributed by atoms with van der Waals surface area (Å²) in [6.07, 6.45) is 0. The summed E-state index contributed by atoms with van der Waals surface area (Å²) in [6, 6.07) is 13.0. The summed E-state index contributed by atoms with van der Waals surface area (Å²) in [7, 11) is -2.03. The first-order valence-corrected chi connectivity index (χ1v) is 8.23. The SMILES string of the molecule is CC(c1cccc(Cl)c1)N(C)S(=O)(=O)c1ccc(N)cc1. The van der Waals surface area contributed by atoms with Gasteiger partial charge in [0.1, 0.15) is 0 Å². The lowest BCUT2D eigenvalue weighted by molar-refractivity contribution is 0.398. The van der Waals surface area contributed by atoms with Crippen LogP contribution in [0.1, 0.15) is 18.5 Å². The molecule has 0 fully saturated rings. The molecule has 2 N–H and O–H groups in total. The van der Waals surface area contributed by atoms with Crippen LogP contribution in [0.15, 0.2) is 53.4 Å². The van der Waals surface area contributed by atoms with E-state index < -0.39 is 10.0 Å². The second-order valence-electron chi connectivity index (χ2n) is 4.82. The van der Waals surface area contributed by atoms with Gasteiger partial charge in [-0.3, -0.25) is 0 Å². The first-order valence-electron chi connectivity index (χ1n) is 6.41. The van der Waals surface area contributed by atoms with Crippen LogP contribution in [-0.4, -0.2) is 19.8 Å². The van der Waals surface area contributed by atoms with E-state index in [-0.39, 0.29) is 10.9 Å². The summed E-state index contributed by atoms with van der Waals surface area (Å²) < 4.78 is 26.5. The Hall–Kier alpha value is -1.56. The Morgan fingerprint density at radius 3 is 2.33 bits per heavy atom. The molecule has 0 spiro atoms. The molecule has 0 heterocycles. The van der Waals surface area contributed by atoms with Gasteiger partial charge >= 0.3 is 0 Å². The molecule has 6 heteroatoms. The van der Waals surface area contributed by atoms with Crippen molar-refractivity contribution in [3.63, 3.8) is 0 Å². The molecule has 2 aromatic rings. The minimum Gasteiger partial charge on any atom is -0.399 e. The van der Waals surface area contributed by atoms with Crippen LogP contribution in [0.4, 0.5) is 5.69 Å². The zero-order chi connectivity index (χ0) is 15.6. The maximum absolute atomic E-state index is 12.6. The number of anilines is 1. The van der Waals surface area contributed by atoms with Crippen molar-refractivity contribution in [3.8, 4) is 0 Å². The van der Waals surface area contributed by atoms with Crippen LogP contribution in [0.3, 0.4) is 0 Å². The number of nitrogens with two attached hydrogens (primary N) is 1. The Labute approximate surface area is 130 Å². The maximum Gasteiger partial charge on any atom is 0.243 e. The molecule has 0 aliphatic heterocycles. The van der Waals surface area contributed by atoms with Crippen LogP contribution in [-0.2, 0) is 10.0 Å². The van der Waals surface area contributed by atoms with Crippen molar-refractivity contribution in [3.05, 3.63) is 59.1 Å². The molecule has 2 rings (SSSR count). The van der Waals surface area contributed by atoms with E-state index in [0.29, 0.717) is 10.7 Å². The Morgan fingerprint density at radius 2 is 1.76 bits per heavy atom. The minimum atomic E-state index is -3.58. The highest BCUT2D eigenvalue weighted by Crippen LogP contribution is 2.27. The van der Waals surface area contributed by atoms with Gasteiger partial charge in [-0.15, -0.1) is 0 Å². The van der Waals surface area contributed by atoms with E-state index in [9.17, 15) is 8.42 Å². The molecule has 0 aliphatic carbocycles. The van der Waals surface area contributed by atoms with Gasteiger partial charge in [0.2, 0.25) is 10.0 Å². The van der Waals surface area contributed by atoms with E-state index in [1.807, 2.05) is 13.0 Å². The van der Waals surface area contributed by atoms with Crippen LogP contribution < -0.4 is 5.73 Å². The number of hydrogen-bond donors (Lipinski definition) is 1. The van der Waals surface area contributed by atoms with Gasteiger partial charge in [-0.25, -0.2) is 8.42 Å². The fourth-order valence-electron chi connectivity index (χ4n) is 1.99. The van der Waals surface area contributed by atoms with Crippen LogP contribution in [0.25, 0.3) is 0 Å². The highest BCUT2D eigenvalue weighted by Gasteiger charge is 2.26. The summed E-state index contributed by atoms with van der Waals surface area (Å²) in [5.41, 5.74) is 6.95. The fraction of sp³-hybridized carbons (Fsp3) is 0.200. The first-order chi connectivity index (χ1) is 9.82. The van der Waals surface area contributed by atoms with Crippen molar-refractivity contribution < 1.29 is 8.42 Å². The first kappa shape index (κ1) is 15.8. The number of nitrogens with zero attached hydrogens (tertiary/aromatic N) is 1. The second-order valence-corrected chi connectivity index (χ2v) is 7.26. The number of benzene rings is 2.